The Morgan fingerprint density at radius 2 is 1.79 bits per heavy atom. The maximum atomic E-state index is 10.9. The fraction of sp³-hybridized carbons (Fsp3) is 0.125. The van der Waals surface area contributed by atoms with E-state index in [1.54, 1.807) is 12.1 Å². The molecule has 0 radical (unpaired) electrons. The third kappa shape index (κ3) is 2.15. The number of nitrogens with zero attached hydrogens (tertiary/aromatic N) is 1. The number of benzene rings is 2. The molecule has 0 aliphatic carbocycles. The zero-order valence-corrected chi connectivity index (χ0v) is 10.3. The van der Waals surface area contributed by atoms with Crippen LogP contribution >= 0.6 is 0 Å². The Labute approximate surface area is 111 Å². The zero-order valence-electron chi connectivity index (χ0n) is 10.3. The van der Waals surface area contributed by atoms with E-state index in [0.29, 0.717) is 5.56 Å². The van der Waals surface area contributed by atoms with Gasteiger partial charge in [0.15, 0.2) is 0 Å². The van der Waals surface area contributed by atoms with Gasteiger partial charge in [-0.3, -0.25) is 4.99 Å². The fourth-order valence-electron chi connectivity index (χ4n) is 2.36. The Hall–Kier alpha value is -2.42. The second kappa shape index (κ2) is 4.69. The van der Waals surface area contributed by atoms with Crippen molar-refractivity contribution >= 4 is 11.7 Å². The monoisotopic (exact) mass is 251 g/mol. The summed E-state index contributed by atoms with van der Waals surface area (Å²) in [6.07, 6.45) is 0.965. The van der Waals surface area contributed by atoms with Gasteiger partial charge in [-0.15, -0.1) is 0 Å². The van der Waals surface area contributed by atoms with Gasteiger partial charge in [0.2, 0.25) is 0 Å². The van der Waals surface area contributed by atoms with Crippen LogP contribution in [0.15, 0.2) is 53.5 Å². The molecule has 0 saturated heterocycles. The van der Waals surface area contributed by atoms with Crippen LogP contribution in [0.3, 0.4) is 0 Å². The first-order valence-corrected chi connectivity index (χ1v) is 6.22. The summed E-state index contributed by atoms with van der Waals surface area (Å²) in [6, 6.07) is 15.1. The Balaban J connectivity index is 2.03. The number of fused-ring (bicyclic) bond motifs is 1. The molecule has 3 rings (SSSR count). The Bertz CT molecular complexity index is 657. The lowest BCUT2D eigenvalue weighted by atomic mass is 9.93. The molecule has 94 valence electrons. The summed E-state index contributed by atoms with van der Waals surface area (Å²) in [5.41, 5.74) is 4.68. The molecule has 0 aromatic heterocycles. The molecule has 0 saturated carbocycles. The van der Waals surface area contributed by atoms with Crippen molar-refractivity contribution < 1.29 is 9.90 Å². The highest BCUT2D eigenvalue weighted by atomic mass is 16.4. The summed E-state index contributed by atoms with van der Waals surface area (Å²) in [4.78, 5) is 15.4. The zero-order chi connectivity index (χ0) is 13.2. The molecule has 0 atom stereocenters. The molecule has 0 bridgehead atoms. The van der Waals surface area contributed by atoms with Gasteiger partial charge in [-0.2, -0.15) is 0 Å². The summed E-state index contributed by atoms with van der Waals surface area (Å²) in [7, 11) is 0. The summed E-state index contributed by atoms with van der Waals surface area (Å²) in [5, 5.41) is 8.91. The third-order valence-electron chi connectivity index (χ3n) is 3.33. The van der Waals surface area contributed by atoms with Crippen molar-refractivity contribution in [3.8, 4) is 0 Å². The van der Waals surface area contributed by atoms with Crippen LogP contribution in [-0.4, -0.2) is 23.3 Å². The van der Waals surface area contributed by atoms with E-state index in [1.807, 2.05) is 24.3 Å². The predicted octanol–water partition coefficient (Wildman–Crippen LogP) is 2.78. The van der Waals surface area contributed by atoms with E-state index in [0.717, 1.165) is 29.8 Å². The SMILES string of the molecule is O=C(O)c1ccc(C2=NCCc3ccccc32)cc1. The van der Waals surface area contributed by atoms with Crippen LogP contribution in [0.5, 0.6) is 0 Å². The van der Waals surface area contributed by atoms with E-state index in [1.165, 1.54) is 5.56 Å². The van der Waals surface area contributed by atoms with E-state index in [-0.39, 0.29) is 0 Å². The molecule has 0 unspecified atom stereocenters. The van der Waals surface area contributed by atoms with E-state index in [4.69, 9.17) is 5.11 Å². The summed E-state index contributed by atoms with van der Waals surface area (Å²) >= 11 is 0. The van der Waals surface area contributed by atoms with Gasteiger partial charge in [0.25, 0.3) is 0 Å². The van der Waals surface area contributed by atoms with E-state index < -0.39 is 5.97 Å². The molecule has 1 heterocycles. The third-order valence-corrected chi connectivity index (χ3v) is 3.33. The number of hydrogen-bond acceptors (Lipinski definition) is 2. The molecule has 3 heteroatoms. The molecule has 0 fully saturated rings. The first kappa shape index (κ1) is 11.7. The van der Waals surface area contributed by atoms with Gasteiger partial charge in [0.1, 0.15) is 0 Å². The number of aliphatic imine (C=N–C) groups is 1. The average Bonchev–Trinajstić information content (AvgIpc) is 2.47. The molecule has 2 aromatic rings. The van der Waals surface area contributed by atoms with Crippen molar-refractivity contribution in [2.24, 2.45) is 4.99 Å². The van der Waals surface area contributed by atoms with Crippen molar-refractivity contribution in [3.05, 3.63) is 70.8 Å². The highest BCUT2D eigenvalue weighted by molar-refractivity contribution is 6.14. The second-order valence-corrected chi connectivity index (χ2v) is 4.52. The largest absolute Gasteiger partial charge is 0.478 e. The minimum absolute atomic E-state index is 0.299. The second-order valence-electron chi connectivity index (χ2n) is 4.52. The maximum Gasteiger partial charge on any atom is 0.335 e. The Kier molecular flexibility index (Phi) is 2.88. The summed E-state index contributed by atoms with van der Waals surface area (Å²) < 4.78 is 0. The number of rotatable bonds is 2. The summed E-state index contributed by atoms with van der Waals surface area (Å²) in [5.74, 6) is -0.905. The molecule has 0 amide bonds. The Morgan fingerprint density at radius 3 is 2.53 bits per heavy atom. The molecule has 2 aromatic carbocycles. The average molecular weight is 251 g/mol. The highest BCUT2D eigenvalue weighted by Crippen LogP contribution is 2.20. The van der Waals surface area contributed by atoms with Crippen molar-refractivity contribution in [1.29, 1.82) is 0 Å². The van der Waals surface area contributed by atoms with Crippen LogP contribution < -0.4 is 0 Å². The van der Waals surface area contributed by atoms with E-state index >= 15 is 0 Å². The first-order chi connectivity index (χ1) is 9.25. The fourth-order valence-corrected chi connectivity index (χ4v) is 2.36. The van der Waals surface area contributed by atoms with Gasteiger partial charge in [-0.1, -0.05) is 36.4 Å². The maximum absolute atomic E-state index is 10.9. The number of carbonyl (C=O) groups is 1. The number of aromatic carboxylic acids is 1. The van der Waals surface area contributed by atoms with E-state index in [9.17, 15) is 4.79 Å². The van der Waals surface area contributed by atoms with Gasteiger partial charge in [-0.05, 0) is 24.1 Å². The quantitative estimate of drug-likeness (QED) is 0.892. The van der Waals surface area contributed by atoms with Crippen LogP contribution in [0.2, 0.25) is 0 Å². The van der Waals surface area contributed by atoms with E-state index in [2.05, 4.69) is 17.1 Å². The van der Waals surface area contributed by atoms with Gasteiger partial charge in [0.05, 0.1) is 11.3 Å². The standard InChI is InChI=1S/C16H13NO2/c18-16(19)13-7-5-12(6-8-13)15-14-4-2-1-3-11(14)9-10-17-15/h1-8H,9-10H2,(H,18,19). The van der Waals surface area contributed by atoms with Gasteiger partial charge in [-0.25, -0.2) is 4.79 Å². The van der Waals surface area contributed by atoms with Gasteiger partial charge in [0, 0.05) is 17.7 Å². The lowest BCUT2D eigenvalue weighted by Gasteiger charge is -2.17. The Morgan fingerprint density at radius 1 is 1.05 bits per heavy atom. The van der Waals surface area contributed by atoms with Crippen molar-refractivity contribution in [3.63, 3.8) is 0 Å². The van der Waals surface area contributed by atoms with Crippen LogP contribution in [0, 0.1) is 0 Å². The number of hydrogen-bond donors (Lipinski definition) is 1. The molecule has 1 N–H and O–H groups in total. The van der Waals surface area contributed by atoms with Crippen LogP contribution in [0.1, 0.15) is 27.0 Å². The lowest BCUT2D eigenvalue weighted by molar-refractivity contribution is 0.0697. The normalized spacial score (nSPS) is 13.6. The van der Waals surface area contributed by atoms with Crippen LogP contribution in [0.25, 0.3) is 0 Å². The molecule has 19 heavy (non-hydrogen) atoms. The van der Waals surface area contributed by atoms with Gasteiger partial charge >= 0.3 is 5.97 Å². The molecule has 1 aliphatic rings. The number of carboxylic acids is 1. The molecule has 1 aliphatic heterocycles. The predicted molar refractivity (Wildman–Crippen MR) is 74.1 cm³/mol. The van der Waals surface area contributed by atoms with Crippen LogP contribution in [-0.2, 0) is 6.42 Å². The van der Waals surface area contributed by atoms with Crippen molar-refractivity contribution in [2.45, 2.75) is 6.42 Å². The van der Waals surface area contributed by atoms with Crippen molar-refractivity contribution in [1.82, 2.24) is 0 Å². The van der Waals surface area contributed by atoms with Crippen molar-refractivity contribution in [2.75, 3.05) is 6.54 Å². The van der Waals surface area contributed by atoms with Gasteiger partial charge < -0.3 is 5.11 Å². The molecule has 0 spiro atoms. The minimum Gasteiger partial charge on any atom is -0.478 e. The first-order valence-electron chi connectivity index (χ1n) is 6.22. The molecule has 3 nitrogen and oxygen atoms in total. The van der Waals surface area contributed by atoms with Crippen LogP contribution in [0.4, 0.5) is 0 Å². The highest BCUT2D eigenvalue weighted by Gasteiger charge is 2.15. The molecular formula is C16H13NO2. The summed E-state index contributed by atoms with van der Waals surface area (Å²) in [6.45, 7) is 0.785. The number of carboxylic acid groups (broad SMARTS) is 1. The molecular weight excluding hydrogens is 238 g/mol. The topological polar surface area (TPSA) is 49.7 Å². The minimum atomic E-state index is -0.905. The lowest BCUT2D eigenvalue weighted by Crippen LogP contribution is -2.14. The smallest absolute Gasteiger partial charge is 0.335 e.